The second kappa shape index (κ2) is 10.2. The van der Waals surface area contributed by atoms with E-state index < -0.39 is 0 Å². The van der Waals surface area contributed by atoms with Gasteiger partial charge in [-0.3, -0.25) is 4.98 Å². The van der Waals surface area contributed by atoms with Gasteiger partial charge in [-0.05, 0) is 46.5 Å². The Morgan fingerprint density at radius 2 is 1.63 bits per heavy atom. The van der Waals surface area contributed by atoms with E-state index >= 15 is 0 Å². The topological polar surface area (TPSA) is 48.5 Å². The van der Waals surface area contributed by atoms with Gasteiger partial charge in [0.05, 0.1) is 5.52 Å². The summed E-state index contributed by atoms with van der Waals surface area (Å²) in [5, 5.41) is 3.24. The van der Waals surface area contributed by atoms with Crippen LogP contribution in [0.4, 0.5) is 0 Å². The molecule has 0 fully saturated rings. The fourth-order valence-corrected chi connectivity index (χ4v) is 6.29. The molecule has 4 aromatic heterocycles. The van der Waals surface area contributed by atoms with Crippen LogP contribution in [0.5, 0.6) is 0 Å². The van der Waals surface area contributed by atoms with Crippen molar-refractivity contribution in [1.29, 1.82) is 0 Å². The Kier molecular flexibility index (Phi) is 6.38. The van der Waals surface area contributed by atoms with Crippen LogP contribution in [-0.4, -0.2) is 24.1 Å². The molecule has 0 bridgehead atoms. The molecule has 198 valence electrons. The third-order valence-electron chi connectivity index (χ3n) is 7.24. The molecule has 5 nitrogen and oxygen atoms in total. The normalized spacial score (nSPS) is 11.3. The summed E-state index contributed by atoms with van der Waals surface area (Å²) in [6.07, 6.45) is 5.61. The SMILES string of the molecule is Cn1ccnc1-c1ccc2c3ccc(-c4nc5ccccc5s4)[c-]c3n(-c3[c-]c(-c4ccccn4)ccc3)c2c1.[Pt+2]. The number of aryl methyl sites for hydroxylation is 1. The summed E-state index contributed by atoms with van der Waals surface area (Å²) in [6.45, 7) is 0. The molecule has 0 spiro atoms. The molecule has 0 aliphatic heterocycles. The molecule has 0 amide bonds. The Bertz CT molecular complexity index is 2160. The monoisotopic (exact) mass is 726 g/mol. The number of hydrogen-bond acceptors (Lipinski definition) is 4. The van der Waals surface area contributed by atoms with Gasteiger partial charge in [0, 0.05) is 46.4 Å². The van der Waals surface area contributed by atoms with Crippen LogP contribution in [-0.2, 0) is 28.1 Å². The molecule has 4 aromatic carbocycles. The molecule has 0 saturated heterocycles. The number of hydrogen-bond donors (Lipinski definition) is 0. The predicted molar refractivity (Wildman–Crippen MR) is 162 cm³/mol. The molecule has 0 aliphatic rings. The van der Waals surface area contributed by atoms with Crippen molar-refractivity contribution in [3.05, 3.63) is 122 Å². The number of rotatable bonds is 4. The van der Waals surface area contributed by atoms with Crippen molar-refractivity contribution >= 4 is 43.4 Å². The first-order valence-corrected chi connectivity index (χ1v) is 13.8. The average Bonchev–Trinajstić information content (AvgIpc) is 3.72. The molecule has 4 heterocycles. The molecule has 0 unspecified atom stereocenters. The minimum Gasteiger partial charge on any atom is -0.346 e. The third kappa shape index (κ3) is 4.31. The van der Waals surface area contributed by atoms with Gasteiger partial charge < -0.3 is 14.1 Å². The Balaban J connectivity index is 0.00000276. The summed E-state index contributed by atoms with van der Waals surface area (Å²) >= 11 is 1.69. The van der Waals surface area contributed by atoms with Gasteiger partial charge in [-0.15, -0.1) is 53.6 Å². The van der Waals surface area contributed by atoms with Crippen LogP contribution in [0.1, 0.15) is 0 Å². The third-order valence-corrected chi connectivity index (χ3v) is 8.31. The van der Waals surface area contributed by atoms with E-state index in [0.29, 0.717) is 0 Å². The van der Waals surface area contributed by atoms with Gasteiger partial charge >= 0.3 is 21.1 Å². The molecule has 0 radical (unpaired) electrons. The molecular weight excluding hydrogens is 706 g/mol. The van der Waals surface area contributed by atoms with Crippen molar-refractivity contribution in [3.8, 4) is 38.9 Å². The number of nitrogens with zero attached hydrogens (tertiary/aromatic N) is 5. The molecule has 7 heteroatoms. The fourth-order valence-electron chi connectivity index (χ4n) is 5.34. The number of imidazole rings is 1. The van der Waals surface area contributed by atoms with E-state index in [0.717, 1.165) is 66.2 Å². The zero-order valence-electron chi connectivity index (χ0n) is 21.9. The van der Waals surface area contributed by atoms with Crippen molar-refractivity contribution in [2.45, 2.75) is 0 Å². The van der Waals surface area contributed by atoms with Crippen molar-refractivity contribution in [1.82, 2.24) is 24.1 Å². The van der Waals surface area contributed by atoms with Gasteiger partial charge in [-0.2, -0.15) is 11.3 Å². The van der Waals surface area contributed by atoms with Gasteiger partial charge in [-0.1, -0.05) is 41.8 Å². The maximum atomic E-state index is 4.91. The van der Waals surface area contributed by atoms with Crippen molar-refractivity contribution < 1.29 is 21.1 Å². The summed E-state index contributed by atoms with van der Waals surface area (Å²) in [7, 11) is 2.02. The first-order valence-electron chi connectivity index (χ1n) is 13.0. The van der Waals surface area contributed by atoms with Gasteiger partial charge in [-0.25, -0.2) is 4.98 Å². The van der Waals surface area contributed by atoms with E-state index in [-0.39, 0.29) is 21.1 Å². The number of pyridine rings is 1. The Morgan fingerprint density at radius 3 is 2.46 bits per heavy atom. The first kappa shape index (κ1) is 25.6. The van der Waals surface area contributed by atoms with E-state index in [2.05, 4.69) is 93.4 Å². The number of benzene rings is 4. The number of para-hydroxylation sites is 1. The molecule has 41 heavy (non-hydrogen) atoms. The molecule has 0 N–H and O–H groups in total. The van der Waals surface area contributed by atoms with E-state index in [1.807, 2.05) is 54.5 Å². The fraction of sp³-hybridized carbons (Fsp3) is 0.0294. The zero-order chi connectivity index (χ0) is 26.6. The minimum atomic E-state index is 0. The second-order valence-corrected chi connectivity index (χ2v) is 10.7. The van der Waals surface area contributed by atoms with Crippen LogP contribution in [0, 0.1) is 12.1 Å². The molecule has 8 rings (SSSR count). The van der Waals surface area contributed by atoms with E-state index in [1.54, 1.807) is 11.3 Å². The maximum Gasteiger partial charge on any atom is 2.00 e. The molecule has 8 aromatic rings. The van der Waals surface area contributed by atoms with Gasteiger partial charge in [0.25, 0.3) is 0 Å². The Labute approximate surface area is 255 Å². The van der Waals surface area contributed by atoms with Crippen molar-refractivity contribution in [2.75, 3.05) is 0 Å². The maximum absolute atomic E-state index is 4.91. The summed E-state index contributed by atoms with van der Waals surface area (Å²) in [6, 6.07) is 38.6. The smallest absolute Gasteiger partial charge is 0.346 e. The first-order chi connectivity index (χ1) is 19.7. The Hall–Kier alpha value is -4.38. The molecule has 0 atom stereocenters. The predicted octanol–water partition coefficient (Wildman–Crippen LogP) is 8.12. The van der Waals surface area contributed by atoms with Gasteiger partial charge in [0.1, 0.15) is 5.82 Å². The van der Waals surface area contributed by atoms with Crippen molar-refractivity contribution in [3.63, 3.8) is 0 Å². The van der Waals surface area contributed by atoms with Crippen LogP contribution in [0.2, 0.25) is 0 Å². The quantitative estimate of drug-likeness (QED) is 0.172. The van der Waals surface area contributed by atoms with Crippen LogP contribution >= 0.6 is 11.3 Å². The molecular formula is C34H21N5PtS. The van der Waals surface area contributed by atoms with Crippen LogP contribution in [0.3, 0.4) is 0 Å². The molecule has 0 saturated carbocycles. The van der Waals surface area contributed by atoms with E-state index in [4.69, 9.17) is 4.98 Å². The standard InChI is InChI=1S/C34H21N5S.Pt/c1-38-18-17-36-33(38)23-12-14-26-27-15-13-24(34-37-29-10-2-3-11-32(29)40-34)21-31(27)39(30(26)20-23)25-8-6-7-22(19-25)28-9-4-5-16-35-28;/h2-18,20H,1H3;/q-2;+2. The van der Waals surface area contributed by atoms with Crippen LogP contribution < -0.4 is 0 Å². The number of fused-ring (bicyclic) bond motifs is 4. The summed E-state index contributed by atoms with van der Waals surface area (Å²) < 4.78 is 5.46. The minimum absolute atomic E-state index is 0. The number of aromatic nitrogens is 5. The zero-order valence-corrected chi connectivity index (χ0v) is 24.9. The Morgan fingerprint density at radius 1 is 0.756 bits per heavy atom. The van der Waals surface area contributed by atoms with E-state index in [1.165, 1.54) is 4.70 Å². The van der Waals surface area contributed by atoms with Crippen molar-refractivity contribution in [2.24, 2.45) is 7.05 Å². The summed E-state index contributed by atoms with van der Waals surface area (Å²) in [5.74, 6) is 0.920. The average molecular weight is 727 g/mol. The van der Waals surface area contributed by atoms with Crippen LogP contribution in [0.25, 0.3) is 70.9 Å². The van der Waals surface area contributed by atoms with Gasteiger partial charge in [0.15, 0.2) is 0 Å². The molecule has 0 aliphatic carbocycles. The summed E-state index contributed by atoms with van der Waals surface area (Å²) in [4.78, 5) is 14.1. The summed E-state index contributed by atoms with van der Waals surface area (Å²) in [5.41, 5.74) is 7.85. The van der Waals surface area contributed by atoms with Crippen LogP contribution in [0.15, 0.2) is 110 Å². The second-order valence-electron chi connectivity index (χ2n) is 9.71. The number of thiazole rings is 1. The van der Waals surface area contributed by atoms with E-state index in [9.17, 15) is 0 Å². The van der Waals surface area contributed by atoms with Gasteiger partial charge in [0.2, 0.25) is 0 Å². The largest absolute Gasteiger partial charge is 2.00 e.